The monoisotopic (exact) mass is 309 g/mol. The van der Waals surface area contributed by atoms with Crippen molar-refractivity contribution in [3.05, 3.63) is 28.2 Å². The van der Waals surface area contributed by atoms with Crippen molar-refractivity contribution in [3.8, 4) is 5.75 Å². The third kappa shape index (κ3) is 3.67. The summed E-state index contributed by atoms with van der Waals surface area (Å²) >= 11 is 3.40. The fraction of sp³-hybridized carbons (Fsp3) is 0.333. The van der Waals surface area contributed by atoms with Crippen molar-refractivity contribution in [2.75, 3.05) is 13.7 Å². The Morgan fingerprint density at radius 3 is 2.69 bits per heavy atom. The zero-order chi connectivity index (χ0) is 8.97. The molecule has 0 aromatic heterocycles. The summed E-state index contributed by atoms with van der Waals surface area (Å²) in [4.78, 5) is 0. The van der Waals surface area contributed by atoms with Gasteiger partial charge in [-0.25, -0.2) is 0 Å². The maximum atomic E-state index is 5.46. The topological polar surface area (TPSA) is 35.2 Å². The van der Waals surface area contributed by atoms with Crippen LogP contribution in [0.1, 0.15) is 5.56 Å². The molecule has 0 aliphatic heterocycles. The number of methoxy groups -OCH3 is 1. The molecule has 13 heavy (non-hydrogen) atoms. The minimum atomic E-state index is 0. The van der Waals surface area contributed by atoms with E-state index in [9.17, 15) is 0 Å². The van der Waals surface area contributed by atoms with Crippen LogP contribution in [0, 0.1) is 0 Å². The second-order valence-electron chi connectivity index (χ2n) is 2.49. The number of hydrogen-bond donors (Lipinski definition) is 1. The van der Waals surface area contributed by atoms with Crippen molar-refractivity contribution >= 4 is 32.9 Å². The van der Waals surface area contributed by atoms with Gasteiger partial charge in [0.2, 0.25) is 0 Å². The van der Waals surface area contributed by atoms with Crippen LogP contribution in [0.15, 0.2) is 22.7 Å². The molecule has 0 unspecified atom stereocenters. The summed E-state index contributed by atoms with van der Waals surface area (Å²) in [5.74, 6) is 0.906. The Morgan fingerprint density at radius 1 is 1.46 bits per heavy atom. The van der Waals surface area contributed by atoms with Crippen LogP contribution in [-0.4, -0.2) is 13.7 Å². The van der Waals surface area contributed by atoms with Gasteiger partial charge in [0.05, 0.1) is 7.11 Å². The van der Waals surface area contributed by atoms with Gasteiger partial charge in [0, 0.05) is 4.47 Å². The third-order valence-corrected chi connectivity index (χ3v) is 2.15. The molecule has 0 fully saturated rings. The predicted octanol–water partition coefficient (Wildman–Crippen LogP) is 2.54. The largest absolute Gasteiger partial charge is 0.496 e. The summed E-state index contributed by atoms with van der Waals surface area (Å²) in [6.07, 6.45) is 0.850. The first-order valence-corrected chi connectivity index (χ1v) is 4.59. The van der Waals surface area contributed by atoms with E-state index in [1.165, 1.54) is 0 Å². The van der Waals surface area contributed by atoms with Crippen molar-refractivity contribution in [2.45, 2.75) is 6.42 Å². The lowest BCUT2D eigenvalue weighted by Crippen LogP contribution is -2.04. The number of rotatable bonds is 3. The molecule has 0 radical (unpaired) electrons. The number of ether oxygens (including phenoxy) is 1. The van der Waals surface area contributed by atoms with Crippen LogP contribution in [0.5, 0.6) is 5.75 Å². The van der Waals surface area contributed by atoms with Crippen molar-refractivity contribution in [1.82, 2.24) is 0 Å². The minimum Gasteiger partial charge on any atom is -0.496 e. The SMILES string of the molecule is Br.COc1ccc(Br)cc1CCN. The van der Waals surface area contributed by atoms with Crippen molar-refractivity contribution in [2.24, 2.45) is 5.73 Å². The maximum Gasteiger partial charge on any atom is 0.122 e. The fourth-order valence-corrected chi connectivity index (χ4v) is 1.51. The second kappa shape index (κ2) is 6.40. The predicted molar refractivity (Wildman–Crippen MR) is 63.8 cm³/mol. The number of halogens is 2. The van der Waals surface area contributed by atoms with Crippen LogP contribution < -0.4 is 10.5 Å². The molecule has 0 aliphatic carbocycles. The summed E-state index contributed by atoms with van der Waals surface area (Å²) in [6.45, 7) is 0.646. The molecule has 2 nitrogen and oxygen atoms in total. The molecule has 0 saturated carbocycles. The average molecular weight is 311 g/mol. The smallest absolute Gasteiger partial charge is 0.122 e. The first-order valence-electron chi connectivity index (χ1n) is 3.80. The molecule has 0 amide bonds. The Hall–Kier alpha value is -0.0600. The van der Waals surface area contributed by atoms with Crippen molar-refractivity contribution in [1.29, 1.82) is 0 Å². The van der Waals surface area contributed by atoms with Crippen LogP contribution in [0.3, 0.4) is 0 Å². The van der Waals surface area contributed by atoms with E-state index >= 15 is 0 Å². The van der Waals surface area contributed by atoms with Crippen molar-refractivity contribution < 1.29 is 4.74 Å². The third-order valence-electron chi connectivity index (χ3n) is 1.66. The maximum absolute atomic E-state index is 5.46. The molecule has 74 valence electrons. The highest BCUT2D eigenvalue weighted by Gasteiger charge is 2.01. The lowest BCUT2D eigenvalue weighted by molar-refractivity contribution is 0.409. The Balaban J connectivity index is 0.00000144. The highest BCUT2D eigenvalue weighted by Crippen LogP contribution is 2.22. The Bertz CT molecular complexity index is 266. The standard InChI is InChI=1S/C9H12BrNO.BrH/c1-12-9-3-2-8(10)6-7(9)4-5-11;/h2-3,6H,4-5,11H2,1H3;1H. The molecule has 4 heteroatoms. The van der Waals surface area contributed by atoms with Gasteiger partial charge >= 0.3 is 0 Å². The van der Waals surface area contributed by atoms with Crippen LogP contribution >= 0.6 is 32.9 Å². The van der Waals surface area contributed by atoms with E-state index in [4.69, 9.17) is 10.5 Å². The fourth-order valence-electron chi connectivity index (χ4n) is 1.10. The molecular formula is C9H13Br2NO. The number of benzene rings is 1. The molecule has 1 rings (SSSR count). The van der Waals surface area contributed by atoms with E-state index < -0.39 is 0 Å². The Labute approximate surface area is 97.4 Å². The van der Waals surface area contributed by atoms with Gasteiger partial charge in [-0.15, -0.1) is 17.0 Å². The van der Waals surface area contributed by atoms with E-state index in [0.29, 0.717) is 6.54 Å². The normalized spacial score (nSPS) is 9.15. The Morgan fingerprint density at radius 2 is 2.15 bits per heavy atom. The molecule has 0 bridgehead atoms. The van der Waals surface area contributed by atoms with Crippen molar-refractivity contribution in [3.63, 3.8) is 0 Å². The van der Waals surface area contributed by atoms with E-state index in [1.54, 1.807) is 7.11 Å². The minimum absolute atomic E-state index is 0. The van der Waals surface area contributed by atoms with E-state index in [1.807, 2.05) is 18.2 Å². The van der Waals surface area contributed by atoms with Gasteiger partial charge in [0.15, 0.2) is 0 Å². The van der Waals surface area contributed by atoms with Gasteiger partial charge in [-0.2, -0.15) is 0 Å². The highest BCUT2D eigenvalue weighted by atomic mass is 79.9. The second-order valence-corrected chi connectivity index (χ2v) is 3.41. The van der Waals surface area contributed by atoms with Gasteiger partial charge in [0.25, 0.3) is 0 Å². The zero-order valence-electron chi connectivity index (χ0n) is 7.42. The first kappa shape index (κ1) is 12.9. The van der Waals surface area contributed by atoms with Gasteiger partial charge in [0.1, 0.15) is 5.75 Å². The summed E-state index contributed by atoms with van der Waals surface area (Å²) < 4.78 is 6.24. The van der Waals surface area contributed by atoms with Crippen LogP contribution in [-0.2, 0) is 6.42 Å². The van der Waals surface area contributed by atoms with E-state index in [2.05, 4.69) is 15.9 Å². The summed E-state index contributed by atoms with van der Waals surface area (Å²) in [5.41, 5.74) is 6.61. The molecule has 1 aromatic rings. The summed E-state index contributed by atoms with van der Waals surface area (Å²) in [7, 11) is 1.67. The molecule has 2 N–H and O–H groups in total. The van der Waals surface area contributed by atoms with Gasteiger partial charge in [-0.05, 0) is 36.7 Å². The quantitative estimate of drug-likeness (QED) is 0.931. The average Bonchev–Trinajstić information content (AvgIpc) is 2.05. The summed E-state index contributed by atoms with van der Waals surface area (Å²) in [6, 6.07) is 5.93. The van der Waals surface area contributed by atoms with Crippen LogP contribution in [0.2, 0.25) is 0 Å². The lowest BCUT2D eigenvalue weighted by Gasteiger charge is -2.07. The van der Waals surface area contributed by atoms with Gasteiger partial charge in [-0.3, -0.25) is 0 Å². The zero-order valence-corrected chi connectivity index (χ0v) is 10.7. The molecule has 0 saturated heterocycles. The molecular weight excluding hydrogens is 298 g/mol. The molecule has 0 spiro atoms. The van der Waals surface area contributed by atoms with Gasteiger partial charge < -0.3 is 10.5 Å². The first-order chi connectivity index (χ1) is 5.77. The molecule has 0 aliphatic rings. The van der Waals surface area contributed by atoms with Crippen LogP contribution in [0.25, 0.3) is 0 Å². The summed E-state index contributed by atoms with van der Waals surface area (Å²) in [5, 5.41) is 0. The number of nitrogens with two attached hydrogens (primary N) is 1. The van der Waals surface area contributed by atoms with Crippen LogP contribution in [0.4, 0.5) is 0 Å². The van der Waals surface area contributed by atoms with E-state index in [-0.39, 0.29) is 17.0 Å². The molecule has 0 atom stereocenters. The lowest BCUT2D eigenvalue weighted by atomic mass is 10.1. The number of hydrogen-bond acceptors (Lipinski definition) is 2. The molecule has 1 aromatic carbocycles. The highest BCUT2D eigenvalue weighted by molar-refractivity contribution is 9.10. The van der Waals surface area contributed by atoms with E-state index in [0.717, 1.165) is 22.2 Å². The van der Waals surface area contributed by atoms with Gasteiger partial charge in [-0.1, -0.05) is 15.9 Å². The molecule has 0 heterocycles. The Kier molecular flexibility index (Phi) is 6.37.